The van der Waals surface area contributed by atoms with Gasteiger partial charge in [0.1, 0.15) is 0 Å². The lowest BCUT2D eigenvalue weighted by molar-refractivity contribution is 0.102. The van der Waals surface area contributed by atoms with Crippen LogP contribution in [0.3, 0.4) is 0 Å². The number of carbonyl (C=O) groups is 1. The molecule has 1 heterocycles. The van der Waals surface area contributed by atoms with E-state index in [1.807, 2.05) is 38.1 Å². The van der Waals surface area contributed by atoms with Crippen LogP contribution in [-0.2, 0) is 0 Å². The highest BCUT2D eigenvalue weighted by atomic mass is 16.1. The second kappa shape index (κ2) is 6.00. The number of nitrogens with zero attached hydrogens (tertiary/aromatic N) is 1. The minimum absolute atomic E-state index is 0.114. The van der Waals surface area contributed by atoms with E-state index in [9.17, 15) is 4.79 Å². The molecule has 0 fully saturated rings. The zero-order valence-corrected chi connectivity index (χ0v) is 11.1. The Morgan fingerprint density at radius 1 is 1.21 bits per heavy atom. The first-order valence-corrected chi connectivity index (χ1v) is 6.26. The number of aromatic nitrogens is 1. The zero-order valence-electron chi connectivity index (χ0n) is 11.1. The van der Waals surface area contributed by atoms with Gasteiger partial charge in [0.05, 0.1) is 0 Å². The number of benzene rings is 1. The summed E-state index contributed by atoms with van der Waals surface area (Å²) in [4.78, 5) is 16.1. The Kier molecular flexibility index (Phi) is 4.13. The fourth-order valence-electron chi connectivity index (χ4n) is 1.75. The molecule has 1 amide bonds. The maximum Gasteiger partial charge on any atom is 0.255 e. The fourth-order valence-corrected chi connectivity index (χ4v) is 1.75. The van der Waals surface area contributed by atoms with Crippen LogP contribution in [-0.4, -0.2) is 17.4 Å². The van der Waals surface area contributed by atoms with Gasteiger partial charge in [-0.3, -0.25) is 9.78 Å². The Labute approximate surface area is 112 Å². The molecule has 0 aliphatic heterocycles. The van der Waals surface area contributed by atoms with Gasteiger partial charge in [-0.25, -0.2) is 0 Å². The Hall–Kier alpha value is -2.36. The van der Waals surface area contributed by atoms with E-state index in [0.717, 1.165) is 23.5 Å². The molecule has 0 saturated heterocycles. The third-order valence-corrected chi connectivity index (χ3v) is 2.80. The smallest absolute Gasteiger partial charge is 0.255 e. The standard InChI is InChI=1S/C15H17N3O/c1-3-17-13-6-4-12(5-7-13)15(19)18-14-8-9-16-10-11(14)2/h4-10,17H,3H2,1-2H3,(H,16,18,19). The second-order valence-corrected chi connectivity index (χ2v) is 4.25. The van der Waals surface area contributed by atoms with Crippen molar-refractivity contribution in [1.82, 2.24) is 4.98 Å². The lowest BCUT2D eigenvalue weighted by Gasteiger charge is -2.08. The molecule has 0 aliphatic rings. The Morgan fingerprint density at radius 2 is 1.95 bits per heavy atom. The normalized spacial score (nSPS) is 10.0. The molecule has 1 aromatic heterocycles. The van der Waals surface area contributed by atoms with E-state index >= 15 is 0 Å². The highest BCUT2D eigenvalue weighted by Gasteiger charge is 2.07. The summed E-state index contributed by atoms with van der Waals surface area (Å²) in [6.07, 6.45) is 3.39. The van der Waals surface area contributed by atoms with Crippen molar-refractivity contribution in [2.45, 2.75) is 13.8 Å². The molecule has 98 valence electrons. The van der Waals surface area contributed by atoms with E-state index in [2.05, 4.69) is 15.6 Å². The molecule has 0 aliphatic carbocycles. The van der Waals surface area contributed by atoms with Crippen LogP contribution in [0, 0.1) is 6.92 Å². The number of amides is 1. The maximum absolute atomic E-state index is 12.1. The molecule has 0 radical (unpaired) electrons. The van der Waals surface area contributed by atoms with E-state index in [1.165, 1.54) is 0 Å². The van der Waals surface area contributed by atoms with Crippen LogP contribution >= 0.6 is 0 Å². The SMILES string of the molecule is CCNc1ccc(C(=O)Nc2ccncc2C)cc1. The van der Waals surface area contributed by atoms with Crippen molar-refractivity contribution in [3.63, 3.8) is 0 Å². The molecule has 0 atom stereocenters. The summed E-state index contributed by atoms with van der Waals surface area (Å²) in [5, 5.41) is 6.07. The lowest BCUT2D eigenvalue weighted by Crippen LogP contribution is -2.12. The summed E-state index contributed by atoms with van der Waals surface area (Å²) in [5.41, 5.74) is 3.38. The molecular formula is C15H17N3O. The van der Waals surface area contributed by atoms with Gasteiger partial charge in [-0.1, -0.05) is 0 Å². The predicted molar refractivity (Wildman–Crippen MR) is 77.5 cm³/mol. The molecule has 0 spiro atoms. The Morgan fingerprint density at radius 3 is 2.58 bits per heavy atom. The zero-order chi connectivity index (χ0) is 13.7. The van der Waals surface area contributed by atoms with Crippen molar-refractivity contribution in [1.29, 1.82) is 0 Å². The number of carbonyl (C=O) groups excluding carboxylic acids is 1. The van der Waals surface area contributed by atoms with Crippen LogP contribution in [0.1, 0.15) is 22.8 Å². The third kappa shape index (κ3) is 3.31. The number of nitrogens with one attached hydrogen (secondary N) is 2. The summed E-state index contributed by atoms with van der Waals surface area (Å²) >= 11 is 0. The summed E-state index contributed by atoms with van der Waals surface area (Å²) in [7, 11) is 0. The van der Waals surface area contributed by atoms with Gasteiger partial charge < -0.3 is 10.6 Å². The van der Waals surface area contributed by atoms with E-state index in [4.69, 9.17) is 0 Å². The van der Waals surface area contributed by atoms with Gasteiger partial charge >= 0.3 is 0 Å². The van der Waals surface area contributed by atoms with E-state index in [1.54, 1.807) is 18.5 Å². The number of hydrogen-bond donors (Lipinski definition) is 2. The van der Waals surface area contributed by atoms with Crippen molar-refractivity contribution in [3.05, 3.63) is 53.9 Å². The van der Waals surface area contributed by atoms with Crippen LogP contribution in [0.5, 0.6) is 0 Å². The minimum Gasteiger partial charge on any atom is -0.385 e. The van der Waals surface area contributed by atoms with Gasteiger partial charge in [0.15, 0.2) is 0 Å². The molecule has 2 aromatic rings. The first kappa shape index (κ1) is 13.1. The monoisotopic (exact) mass is 255 g/mol. The molecule has 4 heteroatoms. The molecule has 19 heavy (non-hydrogen) atoms. The van der Waals surface area contributed by atoms with Gasteiger partial charge in [-0.15, -0.1) is 0 Å². The third-order valence-electron chi connectivity index (χ3n) is 2.80. The summed E-state index contributed by atoms with van der Waals surface area (Å²) in [6, 6.07) is 9.21. The maximum atomic E-state index is 12.1. The number of anilines is 2. The first-order valence-electron chi connectivity index (χ1n) is 6.26. The van der Waals surface area contributed by atoms with Gasteiger partial charge in [0, 0.05) is 35.9 Å². The van der Waals surface area contributed by atoms with Crippen molar-refractivity contribution in [2.24, 2.45) is 0 Å². The van der Waals surface area contributed by atoms with E-state index in [-0.39, 0.29) is 5.91 Å². The van der Waals surface area contributed by atoms with Crippen LogP contribution in [0.15, 0.2) is 42.7 Å². The van der Waals surface area contributed by atoms with Crippen LogP contribution in [0.2, 0.25) is 0 Å². The topological polar surface area (TPSA) is 54.0 Å². The van der Waals surface area contributed by atoms with Gasteiger partial charge in [0.25, 0.3) is 5.91 Å². The number of hydrogen-bond acceptors (Lipinski definition) is 3. The average Bonchev–Trinajstić information content (AvgIpc) is 2.42. The number of rotatable bonds is 4. The Bertz CT molecular complexity index is 564. The molecule has 2 N–H and O–H groups in total. The average molecular weight is 255 g/mol. The Balaban J connectivity index is 2.10. The largest absolute Gasteiger partial charge is 0.385 e. The van der Waals surface area contributed by atoms with E-state index in [0.29, 0.717) is 5.56 Å². The predicted octanol–water partition coefficient (Wildman–Crippen LogP) is 3.07. The quantitative estimate of drug-likeness (QED) is 0.882. The number of pyridine rings is 1. The molecule has 0 unspecified atom stereocenters. The van der Waals surface area contributed by atoms with Crippen molar-refractivity contribution < 1.29 is 4.79 Å². The summed E-state index contributed by atoms with van der Waals surface area (Å²) in [6.45, 7) is 4.81. The highest BCUT2D eigenvalue weighted by Crippen LogP contribution is 2.15. The molecule has 4 nitrogen and oxygen atoms in total. The van der Waals surface area contributed by atoms with Gasteiger partial charge in [-0.05, 0) is 49.7 Å². The highest BCUT2D eigenvalue weighted by molar-refractivity contribution is 6.04. The van der Waals surface area contributed by atoms with Crippen molar-refractivity contribution in [3.8, 4) is 0 Å². The molecular weight excluding hydrogens is 238 g/mol. The van der Waals surface area contributed by atoms with Crippen molar-refractivity contribution in [2.75, 3.05) is 17.2 Å². The minimum atomic E-state index is -0.114. The molecule has 2 rings (SSSR count). The molecule has 0 saturated carbocycles. The summed E-state index contributed by atoms with van der Waals surface area (Å²) in [5.74, 6) is -0.114. The molecule has 0 bridgehead atoms. The van der Waals surface area contributed by atoms with Gasteiger partial charge in [-0.2, -0.15) is 0 Å². The first-order chi connectivity index (χ1) is 9.20. The molecule has 1 aromatic carbocycles. The van der Waals surface area contributed by atoms with Gasteiger partial charge in [0.2, 0.25) is 0 Å². The summed E-state index contributed by atoms with van der Waals surface area (Å²) < 4.78 is 0. The number of aryl methyl sites for hydroxylation is 1. The second-order valence-electron chi connectivity index (χ2n) is 4.25. The van der Waals surface area contributed by atoms with E-state index < -0.39 is 0 Å². The van der Waals surface area contributed by atoms with Crippen molar-refractivity contribution >= 4 is 17.3 Å². The van der Waals surface area contributed by atoms with Crippen LogP contribution in [0.25, 0.3) is 0 Å². The fraction of sp³-hybridized carbons (Fsp3) is 0.200. The van der Waals surface area contributed by atoms with Crippen LogP contribution < -0.4 is 10.6 Å². The lowest BCUT2D eigenvalue weighted by atomic mass is 10.2. The van der Waals surface area contributed by atoms with Crippen LogP contribution in [0.4, 0.5) is 11.4 Å².